The van der Waals surface area contributed by atoms with Gasteiger partial charge in [0.1, 0.15) is 6.61 Å². The molecule has 0 N–H and O–H groups in total. The van der Waals surface area contributed by atoms with E-state index < -0.39 is 5.79 Å². The first-order valence-electron chi connectivity index (χ1n) is 6.10. The van der Waals surface area contributed by atoms with E-state index in [1.165, 1.54) is 0 Å². The first kappa shape index (κ1) is 14.9. The quantitative estimate of drug-likeness (QED) is 0.528. The van der Waals surface area contributed by atoms with Crippen LogP contribution in [-0.4, -0.2) is 32.2 Å². The van der Waals surface area contributed by atoms with Gasteiger partial charge in [-0.1, -0.05) is 13.3 Å². The monoisotopic (exact) mass is 218 g/mol. The SMILES string of the molecule is CCCCC(COCC)(OCC)OCC. The van der Waals surface area contributed by atoms with E-state index >= 15 is 0 Å². The summed E-state index contributed by atoms with van der Waals surface area (Å²) in [7, 11) is 0. The van der Waals surface area contributed by atoms with Crippen LogP contribution in [0, 0.1) is 0 Å². The maximum absolute atomic E-state index is 5.73. The van der Waals surface area contributed by atoms with Crippen molar-refractivity contribution < 1.29 is 14.2 Å². The van der Waals surface area contributed by atoms with Crippen LogP contribution in [0.1, 0.15) is 47.0 Å². The van der Waals surface area contributed by atoms with Gasteiger partial charge < -0.3 is 14.2 Å². The summed E-state index contributed by atoms with van der Waals surface area (Å²) in [5.41, 5.74) is 0. The molecule has 3 nitrogen and oxygen atoms in total. The molecule has 0 fully saturated rings. The van der Waals surface area contributed by atoms with E-state index in [1.54, 1.807) is 0 Å². The van der Waals surface area contributed by atoms with Gasteiger partial charge in [0.25, 0.3) is 0 Å². The number of rotatable bonds is 10. The van der Waals surface area contributed by atoms with Gasteiger partial charge in [-0.3, -0.25) is 0 Å². The predicted molar refractivity (Wildman–Crippen MR) is 62.0 cm³/mol. The van der Waals surface area contributed by atoms with E-state index in [0.29, 0.717) is 26.4 Å². The number of hydrogen-bond acceptors (Lipinski definition) is 3. The average molecular weight is 218 g/mol. The third kappa shape index (κ3) is 6.13. The molecule has 0 aliphatic heterocycles. The van der Waals surface area contributed by atoms with Gasteiger partial charge in [-0.2, -0.15) is 0 Å². The Morgan fingerprint density at radius 1 is 0.867 bits per heavy atom. The fraction of sp³-hybridized carbons (Fsp3) is 1.00. The van der Waals surface area contributed by atoms with Gasteiger partial charge in [0.15, 0.2) is 5.79 Å². The Bertz CT molecular complexity index is 121. The highest BCUT2D eigenvalue weighted by Gasteiger charge is 2.30. The lowest BCUT2D eigenvalue weighted by atomic mass is 10.1. The number of unbranched alkanes of at least 4 members (excludes halogenated alkanes) is 1. The third-order valence-corrected chi connectivity index (χ3v) is 2.25. The fourth-order valence-corrected chi connectivity index (χ4v) is 1.57. The van der Waals surface area contributed by atoms with Crippen LogP contribution in [0.3, 0.4) is 0 Å². The van der Waals surface area contributed by atoms with Crippen molar-refractivity contribution >= 4 is 0 Å². The molecule has 0 unspecified atom stereocenters. The fourth-order valence-electron chi connectivity index (χ4n) is 1.57. The highest BCUT2D eigenvalue weighted by Crippen LogP contribution is 2.22. The number of hydrogen-bond donors (Lipinski definition) is 0. The Morgan fingerprint density at radius 3 is 1.87 bits per heavy atom. The molecular formula is C12H26O3. The summed E-state index contributed by atoms with van der Waals surface area (Å²) in [5.74, 6) is -0.518. The second kappa shape index (κ2) is 9.13. The third-order valence-electron chi connectivity index (χ3n) is 2.25. The summed E-state index contributed by atoms with van der Waals surface area (Å²) in [6.45, 7) is 10.7. The summed E-state index contributed by atoms with van der Waals surface area (Å²) in [6.07, 6.45) is 3.16. The Kier molecular flexibility index (Phi) is 9.06. The molecule has 0 amide bonds. The van der Waals surface area contributed by atoms with Crippen LogP contribution in [-0.2, 0) is 14.2 Å². The molecule has 0 bridgehead atoms. The topological polar surface area (TPSA) is 27.7 Å². The predicted octanol–water partition coefficient (Wildman–Crippen LogP) is 2.98. The zero-order valence-corrected chi connectivity index (χ0v) is 10.7. The lowest BCUT2D eigenvalue weighted by Crippen LogP contribution is -2.41. The van der Waals surface area contributed by atoms with Gasteiger partial charge in [0, 0.05) is 26.2 Å². The maximum atomic E-state index is 5.73. The van der Waals surface area contributed by atoms with Crippen molar-refractivity contribution in [2.45, 2.75) is 52.7 Å². The summed E-state index contributed by atoms with van der Waals surface area (Å²) >= 11 is 0. The first-order chi connectivity index (χ1) is 7.24. The van der Waals surface area contributed by atoms with E-state index in [4.69, 9.17) is 14.2 Å². The van der Waals surface area contributed by atoms with Gasteiger partial charge in [-0.05, 0) is 27.2 Å². The molecule has 0 saturated heterocycles. The molecular weight excluding hydrogens is 192 g/mol. The standard InChI is InChI=1S/C12H26O3/c1-5-9-10-12(14-7-3,15-8-4)11-13-6-2/h5-11H2,1-4H3. The summed E-state index contributed by atoms with van der Waals surface area (Å²) in [4.78, 5) is 0. The molecule has 0 aliphatic rings. The Hall–Kier alpha value is -0.120. The molecule has 15 heavy (non-hydrogen) atoms. The van der Waals surface area contributed by atoms with Crippen molar-refractivity contribution in [3.8, 4) is 0 Å². The van der Waals surface area contributed by atoms with E-state index in [9.17, 15) is 0 Å². The molecule has 0 aromatic heterocycles. The molecule has 0 rings (SSSR count). The van der Waals surface area contributed by atoms with E-state index in [0.717, 1.165) is 19.3 Å². The Morgan fingerprint density at radius 2 is 1.47 bits per heavy atom. The molecule has 0 atom stereocenters. The average Bonchev–Trinajstić information content (AvgIpc) is 2.24. The molecule has 0 aliphatic carbocycles. The molecule has 0 spiro atoms. The van der Waals surface area contributed by atoms with E-state index in [2.05, 4.69) is 6.92 Å². The molecule has 3 heteroatoms. The molecule has 0 saturated carbocycles. The van der Waals surface area contributed by atoms with Crippen LogP contribution in [0.25, 0.3) is 0 Å². The summed E-state index contributed by atoms with van der Waals surface area (Å²) in [5, 5.41) is 0. The van der Waals surface area contributed by atoms with Crippen LogP contribution in [0.15, 0.2) is 0 Å². The van der Waals surface area contributed by atoms with E-state index in [1.807, 2.05) is 20.8 Å². The van der Waals surface area contributed by atoms with Crippen molar-refractivity contribution in [1.29, 1.82) is 0 Å². The zero-order chi connectivity index (χ0) is 11.6. The Labute approximate surface area is 94.1 Å². The van der Waals surface area contributed by atoms with Gasteiger partial charge in [-0.25, -0.2) is 0 Å². The van der Waals surface area contributed by atoms with Crippen LogP contribution in [0.5, 0.6) is 0 Å². The van der Waals surface area contributed by atoms with Crippen LogP contribution in [0.4, 0.5) is 0 Å². The minimum Gasteiger partial charge on any atom is -0.376 e. The summed E-state index contributed by atoms with van der Waals surface area (Å²) in [6, 6.07) is 0. The largest absolute Gasteiger partial charge is 0.376 e. The lowest BCUT2D eigenvalue weighted by Gasteiger charge is -2.32. The lowest BCUT2D eigenvalue weighted by molar-refractivity contribution is -0.261. The second-order valence-corrected chi connectivity index (χ2v) is 3.52. The summed E-state index contributed by atoms with van der Waals surface area (Å²) < 4.78 is 16.9. The molecule has 0 aromatic rings. The van der Waals surface area contributed by atoms with Gasteiger partial charge in [0.2, 0.25) is 0 Å². The number of ether oxygens (including phenoxy) is 3. The highest BCUT2D eigenvalue weighted by atomic mass is 16.7. The van der Waals surface area contributed by atoms with Crippen molar-refractivity contribution in [2.24, 2.45) is 0 Å². The second-order valence-electron chi connectivity index (χ2n) is 3.52. The maximum Gasteiger partial charge on any atom is 0.191 e. The minimum atomic E-state index is -0.518. The molecule has 0 radical (unpaired) electrons. The molecule has 0 aromatic carbocycles. The van der Waals surface area contributed by atoms with Gasteiger partial charge in [-0.15, -0.1) is 0 Å². The zero-order valence-electron chi connectivity index (χ0n) is 10.7. The minimum absolute atomic E-state index is 0.518. The molecule has 92 valence electrons. The smallest absolute Gasteiger partial charge is 0.191 e. The van der Waals surface area contributed by atoms with Gasteiger partial charge >= 0.3 is 0 Å². The first-order valence-corrected chi connectivity index (χ1v) is 6.10. The van der Waals surface area contributed by atoms with Crippen molar-refractivity contribution in [1.82, 2.24) is 0 Å². The van der Waals surface area contributed by atoms with Crippen LogP contribution >= 0.6 is 0 Å². The van der Waals surface area contributed by atoms with Crippen LogP contribution in [0.2, 0.25) is 0 Å². The normalized spacial score (nSPS) is 12.0. The highest BCUT2D eigenvalue weighted by molar-refractivity contribution is 4.69. The van der Waals surface area contributed by atoms with Crippen molar-refractivity contribution in [2.75, 3.05) is 26.4 Å². The Balaban J connectivity index is 4.26. The van der Waals surface area contributed by atoms with Crippen molar-refractivity contribution in [3.05, 3.63) is 0 Å². The van der Waals surface area contributed by atoms with Crippen LogP contribution < -0.4 is 0 Å². The van der Waals surface area contributed by atoms with E-state index in [-0.39, 0.29) is 0 Å². The van der Waals surface area contributed by atoms with Gasteiger partial charge in [0.05, 0.1) is 0 Å². The van der Waals surface area contributed by atoms with Crippen molar-refractivity contribution in [3.63, 3.8) is 0 Å². The molecule has 0 heterocycles.